The van der Waals surface area contributed by atoms with Crippen molar-refractivity contribution < 1.29 is 0 Å². The van der Waals surface area contributed by atoms with E-state index in [4.69, 9.17) is 0 Å². The molecule has 1 aliphatic heterocycles. The number of rotatable bonds is 3. The summed E-state index contributed by atoms with van der Waals surface area (Å²) in [5, 5.41) is 0. The summed E-state index contributed by atoms with van der Waals surface area (Å²) >= 11 is 0.327. The fourth-order valence-electron chi connectivity index (χ4n) is 2.94. The molecule has 0 N–H and O–H groups in total. The van der Waals surface area contributed by atoms with E-state index in [2.05, 4.69) is 103 Å². The minimum absolute atomic E-state index is 0.327. The molecule has 0 bridgehead atoms. The third-order valence-electron chi connectivity index (χ3n) is 4.18. The quantitative estimate of drug-likeness (QED) is 0.527. The van der Waals surface area contributed by atoms with Crippen LogP contribution < -0.4 is 0 Å². The Morgan fingerprint density at radius 1 is 0.500 bits per heavy atom. The monoisotopic (exact) mass is 374 g/mol. The van der Waals surface area contributed by atoms with Crippen molar-refractivity contribution in [3.05, 3.63) is 120 Å². The van der Waals surface area contributed by atoms with Crippen molar-refractivity contribution in [3.63, 3.8) is 0 Å². The fraction of sp³-hybridized carbons (Fsp3) is 0.0435. The average molecular weight is 373 g/mol. The molecule has 0 aliphatic carbocycles. The van der Waals surface area contributed by atoms with Crippen LogP contribution in [0.25, 0.3) is 8.94 Å². The molecule has 116 valence electrons. The van der Waals surface area contributed by atoms with Gasteiger partial charge in [-0.15, -0.1) is 0 Å². The summed E-state index contributed by atoms with van der Waals surface area (Å²) in [6.45, 7) is 0. The predicted molar refractivity (Wildman–Crippen MR) is 104 cm³/mol. The molecular weight excluding hydrogens is 355 g/mol. The van der Waals surface area contributed by atoms with Crippen LogP contribution in [0.5, 0.6) is 0 Å². The maximum atomic E-state index is 2.44. The van der Waals surface area contributed by atoms with E-state index in [1.54, 1.807) is 0 Å². The Morgan fingerprint density at radius 3 is 1.38 bits per heavy atom. The number of allylic oxidation sites excluding steroid dienone is 2. The summed E-state index contributed by atoms with van der Waals surface area (Å²) < 4.78 is 2.94. The molecule has 0 fully saturated rings. The summed E-state index contributed by atoms with van der Waals surface area (Å²) in [7, 11) is 0. The first kappa shape index (κ1) is 15.2. The number of hydrogen-bond acceptors (Lipinski definition) is 0. The van der Waals surface area contributed by atoms with Gasteiger partial charge in [-0.2, -0.15) is 0 Å². The standard InChI is InChI=1S/C23H18Se/c1-4-10-18(11-5-1)21-16-22(19-12-6-2-7-13-19)24-23(17-21)20-14-8-3-9-15-20/h1-17,21H. The van der Waals surface area contributed by atoms with Crippen LogP contribution in [0.2, 0.25) is 0 Å². The van der Waals surface area contributed by atoms with Gasteiger partial charge < -0.3 is 0 Å². The number of hydrogen-bond donors (Lipinski definition) is 0. The minimum atomic E-state index is 0.327. The van der Waals surface area contributed by atoms with Crippen LogP contribution in [0.15, 0.2) is 103 Å². The molecule has 1 aliphatic rings. The van der Waals surface area contributed by atoms with Crippen molar-refractivity contribution in [2.75, 3.05) is 0 Å². The Labute approximate surface area is 149 Å². The first-order valence-electron chi connectivity index (χ1n) is 8.17. The molecule has 24 heavy (non-hydrogen) atoms. The van der Waals surface area contributed by atoms with Gasteiger partial charge in [0.2, 0.25) is 0 Å². The normalized spacial score (nSPS) is 14.8. The molecule has 0 spiro atoms. The molecule has 0 saturated carbocycles. The SMILES string of the molecule is C1=C(c2ccccc2)[Se]C(c2ccccc2)=CC1c1ccccc1. The van der Waals surface area contributed by atoms with Crippen molar-refractivity contribution in [3.8, 4) is 0 Å². The summed E-state index contributed by atoms with van der Waals surface area (Å²) in [4.78, 5) is 0. The van der Waals surface area contributed by atoms with Gasteiger partial charge >= 0.3 is 150 Å². The molecule has 0 amide bonds. The van der Waals surface area contributed by atoms with Crippen LogP contribution in [0.4, 0.5) is 0 Å². The second-order valence-electron chi connectivity index (χ2n) is 5.83. The van der Waals surface area contributed by atoms with Crippen LogP contribution in [0, 0.1) is 0 Å². The van der Waals surface area contributed by atoms with Gasteiger partial charge in [-0.25, -0.2) is 0 Å². The molecule has 0 saturated heterocycles. The van der Waals surface area contributed by atoms with E-state index in [0.717, 1.165) is 0 Å². The van der Waals surface area contributed by atoms with E-state index < -0.39 is 0 Å². The van der Waals surface area contributed by atoms with E-state index in [1.807, 2.05) is 0 Å². The zero-order chi connectivity index (χ0) is 16.2. The van der Waals surface area contributed by atoms with Gasteiger partial charge in [0.05, 0.1) is 0 Å². The molecule has 0 unspecified atom stereocenters. The third kappa shape index (κ3) is 3.28. The van der Waals surface area contributed by atoms with Crippen molar-refractivity contribution >= 4 is 23.9 Å². The molecule has 0 aromatic heterocycles. The average Bonchev–Trinajstić information content (AvgIpc) is 2.70. The topological polar surface area (TPSA) is 0 Å². The van der Waals surface area contributed by atoms with Crippen molar-refractivity contribution in [2.45, 2.75) is 5.92 Å². The van der Waals surface area contributed by atoms with Crippen LogP contribution in [0.1, 0.15) is 22.6 Å². The van der Waals surface area contributed by atoms with Crippen molar-refractivity contribution in [1.82, 2.24) is 0 Å². The Hall–Kier alpha value is -2.34. The molecular formula is C23H18Se. The van der Waals surface area contributed by atoms with Gasteiger partial charge in [-0.05, 0) is 0 Å². The molecule has 3 aromatic rings. The molecule has 0 atom stereocenters. The van der Waals surface area contributed by atoms with Gasteiger partial charge in [-0.3, -0.25) is 0 Å². The van der Waals surface area contributed by atoms with Crippen LogP contribution in [-0.2, 0) is 0 Å². The third-order valence-corrected chi connectivity index (χ3v) is 6.67. The van der Waals surface area contributed by atoms with Crippen LogP contribution in [-0.4, -0.2) is 15.0 Å². The Kier molecular flexibility index (Phi) is 4.46. The Morgan fingerprint density at radius 2 is 0.917 bits per heavy atom. The van der Waals surface area contributed by atoms with Gasteiger partial charge in [0.1, 0.15) is 0 Å². The predicted octanol–water partition coefficient (Wildman–Crippen LogP) is 5.57. The van der Waals surface area contributed by atoms with E-state index in [-0.39, 0.29) is 0 Å². The number of benzene rings is 3. The van der Waals surface area contributed by atoms with E-state index in [0.29, 0.717) is 20.9 Å². The van der Waals surface area contributed by atoms with Gasteiger partial charge in [0, 0.05) is 0 Å². The molecule has 3 aromatic carbocycles. The summed E-state index contributed by atoms with van der Waals surface area (Å²) in [6, 6.07) is 32.4. The molecule has 0 radical (unpaired) electrons. The first-order valence-corrected chi connectivity index (χ1v) is 9.89. The van der Waals surface area contributed by atoms with E-state index in [9.17, 15) is 0 Å². The maximum absolute atomic E-state index is 2.44. The molecule has 1 heteroatoms. The molecule has 1 heterocycles. The fourth-order valence-corrected chi connectivity index (χ4v) is 5.41. The first-order chi connectivity index (χ1) is 11.9. The van der Waals surface area contributed by atoms with E-state index >= 15 is 0 Å². The summed E-state index contributed by atoms with van der Waals surface area (Å²) in [6.07, 6.45) is 4.88. The summed E-state index contributed by atoms with van der Waals surface area (Å²) in [5.41, 5.74) is 4.05. The van der Waals surface area contributed by atoms with Gasteiger partial charge in [0.15, 0.2) is 0 Å². The van der Waals surface area contributed by atoms with Crippen molar-refractivity contribution in [1.29, 1.82) is 0 Å². The van der Waals surface area contributed by atoms with Gasteiger partial charge in [-0.1, -0.05) is 0 Å². The van der Waals surface area contributed by atoms with Crippen molar-refractivity contribution in [2.24, 2.45) is 0 Å². The summed E-state index contributed by atoms with van der Waals surface area (Å²) in [5.74, 6) is 0.340. The second-order valence-corrected chi connectivity index (χ2v) is 8.11. The van der Waals surface area contributed by atoms with Crippen LogP contribution >= 0.6 is 0 Å². The zero-order valence-corrected chi connectivity index (χ0v) is 15.0. The Bertz CT molecular complexity index is 806. The van der Waals surface area contributed by atoms with Gasteiger partial charge in [0.25, 0.3) is 0 Å². The Balaban J connectivity index is 1.78. The van der Waals surface area contributed by atoms with Crippen LogP contribution in [0.3, 0.4) is 0 Å². The molecule has 0 nitrogen and oxygen atoms in total. The van der Waals surface area contributed by atoms with E-state index in [1.165, 1.54) is 25.6 Å². The second kappa shape index (κ2) is 7.05. The molecule has 4 rings (SSSR count). The zero-order valence-electron chi connectivity index (χ0n) is 13.3.